The van der Waals surface area contributed by atoms with Crippen molar-refractivity contribution >= 4 is 5.57 Å². The molecule has 0 bridgehead atoms. The third-order valence-electron chi connectivity index (χ3n) is 2.74. The molecule has 0 N–H and O–H groups in total. The lowest BCUT2D eigenvalue weighted by molar-refractivity contribution is 1.14. The maximum absolute atomic E-state index is 4.11. The van der Waals surface area contributed by atoms with E-state index in [0.29, 0.717) is 0 Å². The number of hydrogen-bond acceptors (Lipinski definition) is 0. The maximum Gasteiger partial charge on any atom is -0.0187 e. The third kappa shape index (κ3) is 3.23. The molecule has 0 heterocycles. The molecule has 0 nitrogen and oxygen atoms in total. The van der Waals surface area contributed by atoms with Gasteiger partial charge in [-0.2, -0.15) is 0 Å². The summed E-state index contributed by atoms with van der Waals surface area (Å²) in [5, 5.41) is 0. The molecule has 1 aromatic carbocycles. The summed E-state index contributed by atoms with van der Waals surface area (Å²) < 4.78 is 0. The van der Waals surface area contributed by atoms with Crippen molar-refractivity contribution in [2.45, 2.75) is 26.7 Å². The van der Waals surface area contributed by atoms with Crippen LogP contribution in [0.4, 0.5) is 0 Å². The van der Waals surface area contributed by atoms with Crippen molar-refractivity contribution in [3.05, 3.63) is 66.3 Å². The Hall–Kier alpha value is -1.56. The first-order valence-corrected chi connectivity index (χ1v) is 5.82. The Bertz CT molecular complexity index is 408. The van der Waals surface area contributed by atoms with Gasteiger partial charge in [0.2, 0.25) is 0 Å². The molecular formula is C16H20. The predicted octanol–water partition coefficient (Wildman–Crippen LogP) is 4.78. The monoisotopic (exact) mass is 212 g/mol. The number of rotatable bonds is 5. The van der Waals surface area contributed by atoms with Crippen molar-refractivity contribution in [3.8, 4) is 0 Å². The first-order chi connectivity index (χ1) is 7.71. The van der Waals surface area contributed by atoms with Crippen LogP contribution in [0, 0.1) is 0 Å². The number of benzene rings is 1. The molecule has 0 radical (unpaired) electrons. The number of aryl methyl sites for hydroxylation is 1. The van der Waals surface area contributed by atoms with Crippen LogP contribution in [-0.4, -0.2) is 0 Å². The average molecular weight is 212 g/mol. The molecule has 0 atom stereocenters. The second-order valence-corrected chi connectivity index (χ2v) is 3.86. The van der Waals surface area contributed by atoms with Crippen molar-refractivity contribution in [3.63, 3.8) is 0 Å². The van der Waals surface area contributed by atoms with Gasteiger partial charge in [0.1, 0.15) is 0 Å². The molecule has 1 aromatic rings. The Morgan fingerprint density at radius 1 is 1.31 bits per heavy atom. The molecule has 0 saturated carbocycles. The minimum Gasteiger partial charge on any atom is -0.0988 e. The number of allylic oxidation sites excluding steroid dienone is 4. The van der Waals surface area contributed by atoms with Crippen molar-refractivity contribution in [2.24, 2.45) is 0 Å². The molecule has 0 fully saturated rings. The van der Waals surface area contributed by atoms with Crippen LogP contribution in [-0.2, 0) is 6.42 Å². The predicted molar refractivity (Wildman–Crippen MR) is 73.4 cm³/mol. The normalized spacial score (nSPS) is 11.2. The summed E-state index contributed by atoms with van der Waals surface area (Å²) in [6, 6.07) is 8.55. The summed E-state index contributed by atoms with van der Waals surface area (Å²) in [6.45, 7) is 12.2. The van der Waals surface area contributed by atoms with E-state index in [2.05, 4.69) is 57.3 Å². The molecule has 0 heteroatoms. The topological polar surface area (TPSA) is 0 Å². The SMILES string of the molecule is C=C/C(=C\C(=C)c1cccc(CC)c1)CC. The lowest BCUT2D eigenvalue weighted by Crippen LogP contribution is -1.85. The van der Waals surface area contributed by atoms with Crippen LogP contribution >= 0.6 is 0 Å². The zero-order valence-corrected chi connectivity index (χ0v) is 10.3. The van der Waals surface area contributed by atoms with E-state index in [1.54, 1.807) is 0 Å². The summed E-state index contributed by atoms with van der Waals surface area (Å²) in [5.74, 6) is 0. The highest BCUT2D eigenvalue weighted by Crippen LogP contribution is 2.18. The minimum atomic E-state index is 0.996. The average Bonchev–Trinajstić information content (AvgIpc) is 2.35. The molecule has 0 aromatic heterocycles. The molecule has 0 amide bonds. The molecule has 0 spiro atoms. The van der Waals surface area contributed by atoms with Crippen molar-refractivity contribution in [2.75, 3.05) is 0 Å². The second-order valence-electron chi connectivity index (χ2n) is 3.86. The van der Waals surface area contributed by atoms with Gasteiger partial charge in [-0.25, -0.2) is 0 Å². The van der Waals surface area contributed by atoms with E-state index in [1.807, 2.05) is 6.08 Å². The van der Waals surface area contributed by atoms with Gasteiger partial charge in [-0.05, 0) is 35.1 Å². The Balaban J connectivity index is 2.96. The first-order valence-electron chi connectivity index (χ1n) is 5.82. The smallest absolute Gasteiger partial charge is 0.0187 e. The first kappa shape index (κ1) is 12.5. The molecule has 1 rings (SSSR count). The molecule has 84 valence electrons. The van der Waals surface area contributed by atoms with Gasteiger partial charge in [-0.1, -0.05) is 63.4 Å². The van der Waals surface area contributed by atoms with E-state index in [1.165, 1.54) is 16.7 Å². The number of hydrogen-bond donors (Lipinski definition) is 0. The van der Waals surface area contributed by atoms with Gasteiger partial charge in [0.25, 0.3) is 0 Å². The van der Waals surface area contributed by atoms with Crippen molar-refractivity contribution < 1.29 is 0 Å². The highest BCUT2D eigenvalue weighted by atomic mass is 14.0. The van der Waals surface area contributed by atoms with Crippen LogP contribution in [0.1, 0.15) is 31.4 Å². The Morgan fingerprint density at radius 2 is 2.06 bits per heavy atom. The molecular weight excluding hydrogens is 192 g/mol. The van der Waals surface area contributed by atoms with E-state index in [9.17, 15) is 0 Å². The fourth-order valence-electron chi connectivity index (χ4n) is 1.60. The fourth-order valence-corrected chi connectivity index (χ4v) is 1.60. The Kier molecular flexibility index (Phi) is 4.78. The van der Waals surface area contributed by atoms with E-state index in [-0.39, 0.29) is 0 Å². The van der Waals surface area contributed by atoms with Gasteiger partial charge in [0, 0.05) is 0 Å². The Labute approximate surface area is 99.0 Å². The minimum absolute atomic E-state index is 0.996. The summed E-state index contributed by atoms with van der Waals surface area (Å²) in [4.78, 5) is 0. The van der Waals surface area contributed by atoms with Gasteiger partial charge < -0.3 is 0 Å². The van der Waals surface area contributed by atoms with Crippen LogP contribution in [0.2, 0.25) is 0 Å². The summed E-state index contributed by atoms with van der Waals surface area (Å²) in [7, 11) is 0. The zero-order valence-electron chi connectivity index (χ0n) is 10.3. The molecule has 0 saturated heterocycles. The second kappa shape index (κ2) is 6.12. The van der Waals surface area contributed by atoms with Gasteiger partial charge >= 0.3 is 0 Å². The maximum atomic E-state index is 4.11. The summed E-state index contributed by atoms with van der Waals surface area (Å²) in [6.07, 6.45) is 6.07. The lowest BCUT2D eigenvalue weighted by atomic mass is 10.0. The lowest BCUT2D eigenvalue weighted by Gasteiger charge is -2.05. The van der Waals surface area contributed by atoms with Gasteiger partial charge in [0.15, 0.2) is 0 Å². The van der Waals surface area contributed by atoms with Gasteiger partial charge in [0.05, 0.1) is 0 Å². The van der Waals surface area contributed by atoms with Crippen molar-refractivity contribution in [1.29, 1.82) is 0 Å². The van der Waals surface area contributed by atoms with Crippen LogP contribution in [0.5, 0.6) is 0 Å². The van der Waals surface area contributed by atoms with E-state index >= 15 is 0 Å². The molecule has 0 aliphatic carbocycles. The van der Waals surface area contributed by atoms with Crippen LogP contribution in [0.3, 0.4) is 0 Å². The summed E-state index contributed by atoms with van der Waals surface area (Å²) in [5.41, 5.74) is 4.84. The third-order valence-corrected chi connectivity index (χ3v) is 2.74. The standard InChI is InChI=1S/C16H20/c1-5-14(6-2)11-13(4)16-10-8-9-15(7-3)12-16/h5,8-12H,1,4,6-7H2,2-3H3/b14-11+. The van der Waals surface area contributed by atoms with E-state index in [4.69, 9.17) is 0 Å². The van der Waals surface area contributed by atoms with E-state index < -0.39 is 0 Å². The molecule has 0 aliphatic heterocycles. The molecule has 0 aliphatic rings. The van der Waals surface area contributed by atoms with Crippen LogP contribution in [0.15, 0.2) is 55.1 Å². The zero-order chi connectivity index (χ0) is 12.0. The fraction of sp³-hybridized carbons (Fsp3) is 0.250. The molecule has 0 unspecified atom stereocenters. The quantitative estimate of drug-likeness (QED) is 0.616. The van der Waals surface area contributed by atoms with Crippen LogP contribution in [0.25, 0.3) is 5.57 Å². The van der Waals surface area contributed by atoms with Gasteiger partial charge in [-0.3, -0.25) is 0 Å². The highest BCUT2D eigenvalue weighted by molar-refractivity contribution is 5.73. The Morgan fingerprint density at radius 3 is 2.62 bits per heavy atom. The largest absolute Gasteiger partial charge is 0.0988 e. The highest BCUT2D eigenvalue weighted by Gasteiger charge is 1.98. The summed E-state index contributed by atoms with van der Waals surface area (Å²) >= 11 is 0. The van der Waals surface area contributed by atoms with Crippen LogP contribution < -0.4 is 0 Å². The van der Waals surface area contributed by atoms with Gasteiger partial charge in [-0.15, -0.1) is 0 Å². The van der Waals surface area contributed by atoms with Crippen molar-refractivity contribution in [1.82, 2.24) is 0 Å². The van der Waals surface area contributed by atoms with E-state index in [0.717, 1.165) is 18.4 Å². The molecule has 16 heavy (non-hydrogen) atoms.